The molecule has 0 saturated carbocycles. The summed E-state index contributed by atoms with van der Waals surface area (Å²) in [6, 6.07) is 9.44. The molecule has 2 fully saturated rings. The molecule has 2 aromatic rings. The lowest BCUT2D eigenvalue weighted by Gasteiger charge is -2.35. The number of fused-ring (bicyclic) bond motifs is 1. The van der Waals surface area contributed by atoms with E-state index < -0.39 is 11.6 Å². The van der Waals surface area contributed by atoms with Crippen LogP contribution in [-0.2, 0) is 22.4 Å². The fraction of sp³-hybridized carbons (Fsp3) is 0.435. The number of carbonyl (C=O) groups is 3. The first kappa shape index (κ1) is 21.0. The summed E-state index contributed by atoms with van der Waals surface area (Å²) in [6.45, 7) is 3.13. The fourth-order valence-corrected chi connectivity index (χ4v) is 4.94. The zero-order valence-electron chi connectivity index (χ0n) is 18.3. The minimum absolute atomic E-state index is 0.228. The Bertz CT molecular complexity index is 1180. The number of aryl methyl sites for hydroxylation is 2. The third-order valence-corrected chi connectivity index (χ3v) is 6.71. The van der Waals surface area contributed by atoms with Crippen molar-refractivity contribution in [3.63, 3.8) is 0 Å². The summed E-state index contributed by atoms with van der Waals surface area (Å²) in [5, 5.41) is 12.1. The van der Waals surface area contributed by atoms with Crippen molar-refractivity contribution in [3.05, 3.63) is 47.0 Å². The van der Waals surface area contributed by atoms with Crippen molar-refractivity contribution >= 4 is 23.7 Å². The molecule has 4 amide bonds. The Labute approximate surface area is 190 Å². The highest BCUT2D eigenvalue weighted by molar-refractivity contribution is 6.09. The molecule has 170 valence electrons. The molecule has 0 radical (unpaired) electrons. The lowest BCUT2D eigenvalue weighted by molar-refractivity contribution is -0.139. The van der Waals surface area contributed by atoms with Crippen molar-refractivity contribution < 1.29 is 18.8 Å². The Morgan fingerprint density at radius 3 is 2.67 bits per heavy atom. The van der Waals surface area contributed by atoms with E-state index in [1.165, 1.54) is 5.56 Å². The van der Waals surface area contributed by atoms with Crippen molar-refractivity contribution in [2.75, 3.05) is 37.6 Å². The quantitative estimate of drug-likeness (QED) is 0.695. The normalized spacial score (nSPS) is 22.4. The van der Waals surface area contributed by atoms with Gasteiger partial charge in [-0.25, -0.2) is 9.78 Å². The zero-order valence-corrected chi connectivity index (χ0v) is 18.3. The minimum atomic E-state index is -0.970. The molecular weight excluding hydrogens is 424 g/mol. The maximum absolute atomic E-state index is 13.2. The highest BCUT2D eigenvalue weighted by Gasteiger charge is 2.52. The molecular formula is C23H24N6O4. The van der Waals surface area contributed by atoms with Gasteiger partial charge in [-0.1, -0.05) is 24.3 Å². The van der Waals surface area contributed by atoms with E-state index in [0.717, 1.165) is 10.5 Å². The summed E-state index contributed by atoms with van der Waals surface area (Å²) in [5.74, 6) is 0.221. The Kier molecular flexibility index (Phi) is 5.04. The predicted molar refractivity (Wildman–Crippen MR) is 116 cm³/mol. The van der Waals surface area contributed by atoms with Gasteiger partial charge in [0.15, 0.2) is 5.89 Å². The van der Waals surface area contributed by atoms with Crippen LogP contribution in [0.25, 0.3) is 0 Å². The molecule has 1 spiro atoms. The second-order valence-electron chi connectivity index (χ2n) is 8.72. The monoisotopic (exact) mass is 448 g/mol. The number of aromatic nitrogens is 1. The summed E-state index contributed by atoms with van der Waals surface area (Å²) < 4.78 is 5.55. The number of piperazine rings is 1. The maximum Gasteiger partial charge on any atom is 0.325 e. The Morgan fingerprint density at radius 2 is 1.94 bits per heavy atom. The van der Waals surface area contributed by atoms with Gasteiger partial charge in [-0.3, -0.25) is 14.5 Å². The van der Waals surface area contributed by atoms with Gasteiger partial charge in [0, 0.05) is 39.5 Å². The fourth-order valence-electron chi connectivity index (χ4n) is 4.94. The van der Waals surface area contributed by atoms with Crippen LogP contribution in [0, 0.1) is 18.3 Å². The largest absolute Gasteiger partial charge is 0.424 e. The van der Waals surface area contributed by atoms with Crippen LogP contribution in [0.1, 0.15) is 29.1 Å². The Hall–Kier alpha value is -3.87. The molecule has 3 heterocycles. The molecule has 1 atom stereocenters. The molecule has 1 aliphatic carbocycles. The molecule has 1 aromatic heterocycles. The molecule has 2 aliphatic heterocycles. The average Bonchev–Trinajstić information content (AvgIpc) is 3.31. The highest BCUT2D eigenvalue weighted by Crippen LogP contribution is 2.33. The van der Waals surface area contributed by atoms with E-state index in [9.17, 15) is 19.6 Å². The third kappa shape index (κ3) is 3.59. The number of hydrogen-bond acceptors (Lipinski definition) is 7. The number of nitriles is 1. The Balaban J connectivity index is 1.22. The second-order valence-corrected chi connectivity index (χ2v) is 8.72. The summed E-state index contributed by atoms with van der Waals surface area (Å²) >= 11 is 0. The standard InChI is InChI=1S/C23H24N6O4/c1-15-25-18(13-24)20(33-15)28-10-8-27(9-11-28)19(30)14-29-21(31)23(26-22(29)32)7-6-16-4-2-3-5-17(16)12-23/h2-5H,6-12,14H2,1H3,(H,26,32). The maximum atomic E-state index is 13.2. The molecule has 10 nitrogen and oxygen atoms in total. The van der Waals surface area contributed by atoms with E-state index in [2.05, 4.69) is 10.3 Å². The molecule has 1 unspecified atom stereocenters. The van der Waals surface area contributed by atoms with E-state index in [0.29, 0.717) is 57.2 Å². The van der Waals surface area contributed by atoms with E-state index in [4.69, 9.17) is 4.42 Å². The number of carbonyl (C=O) groups excluding carboxylic acids is 3. The summed E-state index contributed by atoms with van der Waals surface area (Å²) in [7, 11) is 0. The first-order valence-electron chi connectivity index (χ1n) is 11.0. The van der Waals surface area contributed by atoms with Gasteiger partial charge in [0.05, 0.1) is 0 Å². The number of nitrogens with zero attached hydrogens (tertiary/aromatic N) is 5. The summed E-state index contributed by atoms with van der Waals surface area (Å²) in [6.07, 6.45) is 1.67. The van der Waals surface area contributed by atoms with Crippen molar-refractivity contribution in [3.8, 4) is 6.07 Å². The van der Waals surface area contributed by atoms with Crippen LogP contribution in [0.3, 0.4) is 0 Å². The number of hydrogen-bond donors (Lipinski definition) is 1. The van der Waals surface area contributed by atoms with Crippen molar-refractivity contribution in [2.45, 2.75) is 31.7 Å². The van der Waals surface area contributed by atoms with Crippen molar-refractivity contribution in [2.24, 2.45) is 0 Å². The van der Waals surface area contributed by atoms with Crippen LogP contribution in [0.5, 0.6) is 0 Å². The second kappa shape index (κ2) is 7.92. The number of rotatable bonds is 3. The number of benzene rings is 1. The van der Waals surface area contributed by atoms with Gasteiger partial charge in [0.1, 0.15) is 18.2 Å². The number of amides is 4. The van der Waals surface area contributed by atoms with E-state index in [-0.39, 0.29) is 24.1 Å². The molecule has 1 aromatic carbocycles. The van der Waals surface area contributed by atoms with E-state index in [1.54, 1.807) is 11.8 Å². The first-order chi connectivity index (χ1) is 15.9. The molecule has 3 aliphatic rings. The molecule has 2 saturated heterocycles. The van der Waals surface area contributed by atoms with Gasteiger partial charge >= 0.3 is 6.03 Å². The van der Waals surface area contributed by atoms with Gasteiger partial charge in [0.2, 0.25) is 17.5 Å². The minimum Gasteiger partial charge on any atom is -0.424 e. The van der Waals surface area contributed by atoms with Gasteiger partial charge in [-0.05, 0) is 24.0 Å². The van der Waals surface area contributed by atoms with Crippen LogP contribution >= 0.6 is 0 Å². The average molecular weight is 448 g/mol. The molecule has 33 heavy (non-hydrogen) atoms. The van der Waals surface area contributed by atoms with Crippen LogP contribution < -0.4 is 10.2 Å². The van der Waals surface area contributed by atoms with Gasteiger partial charge in [-0.2, -0.15) is 5.26 Å². The molecule has 5 rings (SSSR count). The van der Waals surface area contributed by atoms with Gasteiger partial charge in [0.25, 0.3) is 5.91 Å². The van der Waals surface area contributed by atoms with Gasteiger partial charge < -0.3 is 19.5 Å². The number of oxazole rings is 1. The summed E-state index contributed by atoms with van der Waals surface area (Å²) in [4.78, 5) is 47.5. The van der Waals surface area contributed by atoms with Crippen molar-refractivity contribution in [1.29, 1.82) is 5.26 Å². The smallest absolute Gasteiger partial charge is 0.325 e. The highest BCUT2D eigenvalue weighted by atomic mass is 16.4. The molecule has 0 bridgehead atoms. The first-order valence-corrected chi connectivity index (χ1v) is 11.0. The predicted octanol–water partition coefficient (Wildman–Crippen LogP) is 0.983. The number of imide groups is 1. The van der Waals surface area contributed by atoms with Crippen molar-refractivity contribution in [1.82, 2.24) is 20.1 Å². The lowest BCUT2D eigenvalue weighted by atomic mass is 9.78. The summed E-state index contributed by atoms with van der Waals surface area (Å²) in [5.41, 5.74) is 1.51. The number of anilines is 1. The number of urea groups is 1. The van der Waals surface area contributed by atoms with Crippen LogP contribution in [-0.4, -0.2) is 70.9 Å². The van der Waals surface area contributed by atoms with E-state index in [1.807, 2.05) is 35.2 Å². The van der Waals surface area contributed by atoms with Crippen LogP contribution in [0.2, 0.25) is 0 Å². The van der Waals surface area contributed by atoms with E-state index >= 15 is 0 Å². The zero-order chi connectivity index (χ0) is 23.2. The third-order valence-electron chi connectivity index (χ3n) is 6.71. The Morgan fingerprint density at radius 1 is 1.21 bits per heavy atom. The van der Waals surface area contributed by atoms with Gasteiger partial charge in [-0.15, -0.1) is 0 Å². The van der Waals surface area contributed by atoms with Crippen LogP contribution in [0.15, 0.2) is 28.7 Å². The number of nitrogens with one attached hydrogen (secondary N) is 1. The lowest BCUT2D eigenvalue weighted by Crippen LogP contribution is -2.53. The van der Waals surface area contributed by atoms with Crippen LogP contribution in [0.4, 0.5) is 10.7 Å². The topological polar surface area (TPSA) is 123 Å². The molecule has 10 heteroatoms. The molecule has 1 N–H and O–H groups in total. The SMILES string of the molecule is Cc1nc(C#N)c(N2CCN(C(=O)CN3C(=O)NC4(CCc5ccccc5C4)C3=O)CC2)o1.